The lowest BCUT2D eigenvalue weighted by atomic mass is 10.2. The highest BCUT2D eigenvalue weighted by atomic mass is 35.5. The predicted octanol–water partition coefficient (Wildman–Crippen LogP) is 3.18. The first-order chi connectivity index (χ1) is 10.7. The van der Waals surface area contributed by atoms with Crippen LogP contribution in [0, 0.1) is 0 Å². The molecule has 2 rings (SSSR count). The van der Waals surface area contributed by atoms with Crippen LogP contribution in [0.2, 0.25) is 5.02 Å². The lowest BCUT2D eigenvalue weighted by Crippen LogP contribution is -2.43. The van der Waals surface area contributed by atoms with Crippen molar-refractivity contribution in [1.29, 1.82) is 0 Å². The largest absolute Gasteiger partial charge is 0.488 e. The Labute approximate surface area is 139 Å². The molecular formula is C16H20ClNO5. The molecule has 0 spiro atoms. The molecule has 1 aromatic carbocycles. The molecule has 1 saturated heterocycles. The number of carbonyl (C=O) groups is 2. The molecule has 1 unspecified atom stereocenters. The van der Waals surface area contributed by atoms with Crippen LogP contribution in [0.25, 0.3) is 0 Å². The van der Waals surface area contributed by atoms with E-state index >= 15 is 0 Å². The van der Waals surface area contributed by atoms with Gasteiger partial charge in [-0.25, -0.2) is 9.59 Å². The fourth-order valence-corrected chi connectivity index (χ4v) is 2.55. The van der Waals surface area contributed by atoms with E-state index in [1.165, 1.54) is 4.90 Å². The topological polar surface area (TPSA) is 76.1 Å². The second kappa shape index (κ2) is 6.66. The molecule has 1 amide bonds. The second-order valence-electron chi connectivity index (χ2n) is 6.42. The van der Waals surface area contributed by atoms with Gasteiger partial charge in [-0.15, -0.1) is 0 Å². The third-order valence-corrected chi connectivity index (χ3v) is 3.51. The molecule has 0 radical (unpaired) electrons. The predicted molar refractivity (Wildman–Crippen MR) is 84.8 cm³/mol. The number of benzene rings is 1. The molecule has 126 valence electrons. The van der Waals surface area contributed by atoms with Crippen LogP contribution in [-0.4, -0.2) is 46.4 Å². The van der Waals surface area contributed by atoms with E-state index in [0.29, 0.717) is 10.8 Å². The standard InChI is InChI=1S/C16H20ClNO5/c1-16(2,3)23-15(21)18-9-12(8-13(18)14(19)20)22-11-6-4-5-10(17)7-11/h4-7,12-13H,8-9H2,1-3H3,(H,19,20)/t12-,13?/m0/s1. The molecule has 0 bridgehead atoms. The van der Waals surface area contributed by atoms with E-state index in [1.54, 1.807) is 45.0 Å². The summed E-state index contributed by atoms with van der Waals surface area (Å²) in [4.78, 5) is 24.8. The maximum absolute atomic E-state index is 12.2. The monoisotopic (exact) mass is 341 g/mol. The van der Waals surface area contributed by atoms with Gasteiger partial charge < -0.3 is 14.6 Å². The number of halogens is 1. The number of ether oxygens (including phenoxy) is 2. The number of hydrogen-bond donors (Lipinski definition) is 1. The van der Waals surface area contributed by atoms with Gasteiger partial charge in [-0.1, -0.05) is 17.7 Å². The second-order valence-corrected chi connectivity index (χ2v) is 6.86. The maximum Gasteiger partial charge on any atom is 0.411 e. The van der Waals surface area contributed by atoms with Crippen molar-refractivity contribution in [3.8, 4) is 5.75 Å². The minimum absolute atomic E-state index is 0.151. The van der Waals surface area contributed by atoms with Crippen molar-refractivity contribution in [2.24, 2.45) is 0 Å². The van der Waals surface area contributed by atoms with E-state index in [4.69, 9.17) is 21.1 Å². The minimum Gasteiger partial charge on any atom is -0.488 e. The van der Waals surface area contributed by atoms with Crippen molar-refractivity contribution in [3.63, 3.8) is 0 Å². The summed E-state index contributed by atoms with van der Waals surface area (Å²) in [6, 6.07) is 5.88. The van der Waals surface area contributed by atoms with Gasteiger partial charge in [0.15, 0.2) is 0 Å². The first-order valence-corrected chi connectivity index (χ1v) is 7.68. The smallest absolute Gasteiger partial charge is 0.411 e. The third-order valence-electron chi connectivity index (χ3n) is 3.27. The van der Waals surface area contributed by atoms with Gasteiger partial charge in [0.25, 0.3) is 0 Å². The van der Waals surface area contributed by atoms with E-state index in [2.05, 4.69) is 0 Å². The molecule has 1 aliphatic heterocycles. The van der Waals surface area contributed by atoms with E-state index in [1.807, 2.05) is 0 Å². The highest BCUT2D eigenvalue weighted by molar-refractivity contribution is 6.30. The summed E-state index contributed by atoms with van der Waals surface area (Å²) in [7, 11) is 0. The lowest BCUT2D eigenvalue weighted by molar-refractivity contribution is -0.142. The third kappa shape index (κ3) is 4.76. The molecule has 1 heterocycles. The van der Waals surface area contributed by atoms with E-state index in [-0.39, 0.29) is 13.0 Å². The molecule has 0 aromatic heterocycles. The number of rotatable bonds is 3. The summed E-state index contributed by atoms with van der Waals surface area (Å²) in [5.74, 6) is -0.536. The van der Waals surface area contributed by atoms with Gasteiger partial charge in [0.2, 0.25) is 0 Å². The summed E-state index contributed by atoms with van der Waals surface area (Å²) < 4.78 is 11.0. The summed E-state index contributed by atoms with van der Waals surface area (Å²) >= 11 is 5.90. The van der Waals surface area contributed by atoms with Crippen molar-refractivity contribution in [2.75, 3.05) is 6.54 Å². The van der Waals surface area contributed by atoms with Crippen LogP contribution in [0.15, 0.2) is 24.3 Å². The van der Waals surface area contributed by atoms with Gasteiger partial charge >= 0.3 is 12.1 Å². The zero-order valence-corrected chi connectivity index (χ0v) is 14.0. The molecule has 23 heavy (non-hydrogen) atoms. The zero-order chi connectivity index (χ0) is 17.2. The van der Waals surface area contributed by atoms with Crippen molar-refractivity contribution in [2.45, 2.75) is 44.9 Å². The van der Waals surface area contributed by atoms with Crippen molar-refractivity contribution < 1.29 is 24.2 Å². The van der Waals surface area contributed by atoms with Gasteiger partial charge in [-0.05, 0) is 39.0 Å². The van der Waals surface area contributed by atoms with Gasteiger partial charge in [0, 0.05) is 11.4 Å². The summed E-state index contributed by atoms with van der Waals surface area (Å²) in [5.41, 5.74) is -0.688. The Morgan fingerprint density at radius 2 is 2.04 bits per heavy atom. The average molecular weight is 342 g/mol. The SMILES string of the molecule is CC(C)(C)OC(=O)N1C[C@@H](Oc2cccc(Cl)c2)CC1C(=O)O. The van der Waals surface area contributed by atoms with Crippen LogP contribution in [0.5, 0.6) is 5.75 Å². The number of carboxylic acids is 1. The van der Waals surface area contributed by atoms with Crippen LogP contribution in [0.4, 0.5) is 4.79 Å². The Balaban J connectivity index is 2.08. The van der Waals surface area contributed by atoms with Crippen LogP contribution in [0.1, 0.15) is 27.2 Å². The van der Waals surface area contributed by atoms with Crippen molar-refractivity contribution >= 4 is 23.7 Å². The Kier molecular flexibility index (Phi) is 5.04. The Morgan fingerprint density at radius 1 is 1.35 bits per heavy atom. The van der Waals surface area contributed by atoms with Crippen LogP contribution in [0.3, 0.4) is 0 Å². The van der Waals surface area contributed by atoms with Crippen molar-refractivity contribution in [1.82, 2.24) is 4.90 Å². The average Bonchev–Trinajstić information content (AvgIpc) is 2.81. The molecule has 1 N–H and O–H groups in total. The lowest BCUT2D eigenvalue weighted by Gasteiger charge is -2.26. The van der Waals surface area contributed by atoms with Gasteiger partial charge in [-0.2, -0.15) is 0 Å². The number of carbonyl (C=O) groups excluding carboxylic acids is 1. The van der Waals surface area contributed by atoms with E-state index in [0.717, 1.165) is 0 Å². The van der Waals surface area contributed by atoms with Gasteiger partial charge in [0.05, 0.1) is 6.54 Å². The zero-order valence-electron chi connectivity index (χ0n) is 13.3. The van der Waals surface area contributed by atoms with E-state index in [9.17, 15) is 14.7 Å². The molecular weight excluding hydrogens is 322 g/mol. The molecule has 7 heteroatoms. The molecule has 2 atom stereocenters. The first kappa shape index (κ1) is 17.4. The fourth-order valence-electron chi connectivity index (χ4n) is 2.37. The first-order valence-electron chi connectivity index (χ1n) is 7.30. The van der Waals surface area contributed by atoms with Gasteiger partial charge in [0.1, 0.15) is 23.5 Å². The molecule has 6 nitrogen and oxygen atoms in total. The Bertz CT molecular complexity index is 598. The van der Waals surface area contributed by atoms with Crippen LogP contribution in [-0.2, 0) is 9.53 Å². The maximum atomic E-state index is 12.2. The van der Waals surface area contributed by atoms with Crippen LogP contribution >= 0.6 is 11.6 Å². The molecule has 1 fully saturated rings. The van der Waals surface area contributed by atoms with Crippen molar-refractivity contribution in [3.05, 3.63) is 29.3 Å². The number of hydrogen-bond acceptors (Lipinski definition) is 4. The molecule has 1 aromatic rings. The summed E-state index contributed by atoms with van der Waals surface area (Å²) in [6.07, 6.45) is -0.884. The normalized spacial score (nSPS) is 21.1. The molecule has 0 saturated carbocycles. The molecule has 1 aliphatic rings. The number of likely N-dealkylation sites (tertiary alicyclic amines) is 1. The Morgan fingerprint density at radius 3 is 2.61 bits per heavy atom. The Hall–Kier alpha value is -1.95. The highest BCUT2D eigenvalue weighted by Crippen LogP contribution is 2.26. The van der Waals surface area contributed by atoms with Gasteiger partial charge in [-0.3, -0.25) is 4.90 Å². The number of amides is 1. The summed E-state index contributed by atoms with van der Waals surface area (Å²) in [5, 5.41) is 9.86. The highest BCUT2D eigenvalue weighted by Gasteiger charge is 2.42. The van der Waals surface area contributed by atoms with E-state index < -0.39 is 29.8 Å². The summed E-state index contributed by atoms with van der Waals surface area (Å²) in [6.45, 7) is 5.35. The number of carboxylic acid groups (broad SMARTS) is 1. The number of aliphatic carboxylic acids is 1. The number of nitrogens with zero attached hydrogens (tertiary/aromatic N) is 1. The fraction of sp³-hybridized carbons (Fsp3) is 0.500. The quantitative estimate of drug-likeness (QED) is 0.913. The molecule has 0 aliphatic carbocycles. The van der Waals surface area contributed by atoms with Crippen LogP contribution < -0.4 is 4.74 Å². The minimum atomic E-state index is -1.08.